The van der Waals surface area contributed by atoms with Gasteiger partial charge in [-0.05, 0) is 81.9 Å². The summed E-state index contributed by atoms with van der Waals surface area (Å²) in [5.41, 5.74) is 7.13. The zero-order chi connectivity index (χ0) is 35.6. The molecule has 0 saturated carbocycles. The van der Waals surface area contributed by atoms with E-state index in [1.54, 1.807) is 15.9 Å². The number of nitrogen functional groups attached to an aromatic ring is 1. The van der Waals surface area contributed by atoms with Crippen LogP contribution < -0.4 is 16.5 Å². The summed E-state index contributed by atoms with van der Waals surface area (Å²) in [6, 6.07) is 10.7. The number of fused-ring (bicyclic) bond motifs is 1. The molecule has 50 heavy (non-hydrogen) atoms. The number of rotatable bonds is 7. The fraction of sp³-hybridized carbons (Fsp3) is 0.583. The van der Waals surface area contributed by atoms with Gasteiger partial charge < -0.3 is 30.7 Å². The van der Waals surface area contributed by atoms with E-state index in [2.05, 4.69) is 22.2 Å². The van der Waals surface area contributed by atoms with E-state index < -0.39 is 17.7 Å². The number of benzene rings is 2. The summed E-state index contributed by atoms with van der Waals surface area (Å²) in [6.45, 7) is 6.09. The molecule has 3 fully saturated rings. The van der Waals surface area contributed by atoms with Gasteiger partial charge in [0.25, 0.3) is 0 Å². The van der Waals surface area contributed by atoms with Crippen LogP contribution in [0, 0.1) is 5.92 Å². The van der Waals surface area contributed by atoms with Crippen LogP contribution in [0.25, 0.3) is 0 Å². The molecule has 270 valence electrons. The van der Waals surface area contributed by atoms with Crippen molar-refractivity contribution in [3.8, 4) is 0 Å². The van der Waals surface area contributed by atoms with Gasteiger partial charge in [-0.3, -0.25) is 14.5 Å². The number of carbonyl (C=O) groups excluding carboxylic acids is 3. The van der Waals surface area contributed by atoms with Gasteiger partial charge in [0.15, 0.2) is 0 Å². The zero-order valence-electron chi connectivity index (χ0n) is 29.2. The molecule has 10 nitrogen and oxygen atoms in total. The van der Waals surface area contributed by atoms with Crippen LogP contribution in [0.5, 0.6) is 0 Å². The number of para-hydroxylation sites is 1. The number of halogens is 3. The number of urea groups is 1. The van der Waals surface area contributed by atoms with Crippen LogP contribution in [0.1, 0.15) is 48.8 Å². The van der Waals surface area contributed by atoms with E-state index in [0.717, 1.165) is 62.8 Å². The van der Waals surface area contributed by atoms with E-state index >= 15 is 0 Å². The van der Waals surface area contributed by atoms with Gasteiger partial charge in [0, 0.05) is 75.7 Å². The molecule has 6 rings (SSSR count). The highest BCUT2D eigenvalue weighted by Gasteiger charge is 2.37. The second-order valence-electron chi connectivity index (χ2n) is 14.5. The predicted molar refractivity (Wildman–Crippen MR) is 190 cm³/mol. The van der Waals surface area contributed by atoms with Crippen molar-refractivity contribution in [3.05, 3.63) is 53.1 Å². The SMILES string of the molecule is Bc1cc(C[C@@H](CC(=O)N2CCC(N3CCc4ccccc4NC3=O)CC2)C(=O)N2CCN(C3CCN(C)CC3)CC2)cc(C(F)(F)F)c1N. The summed E-state index contributed by atoms with van der Waals surface area (Å²) in [7, 11) is 3.66. The van der Waals surface area contributed by atoms with Crippen molar-refractivity contribution >= 4 is 42.5 Å². The second kappa shape index (κ2) is 15.2. The Bertz CT molecular complexity index is 1550. The van der Waals surface area contributed by atoms with Crippen LogP contribution in [-0.2, 0) is 28.6 Å². The highest BCUT2D eigenvalue weighted by Crippen LogP contribution is 2.34. The Hall–Kier alpha value is -3.78. The van der Waals surface area contributed by atoms with Gasteiger partial charge in [-0.15, -0.1) is 0 Å². The number of carbonyl (C=O) groups is 3. The molecule has 0 spiro atoms. The minimum atomic E-state index is -4.64. The molecule has 4 aliphatic rings. The number of nitrogens with zero attached hydrogens (tertiary/aromatic N) is 5. The van der Waals surface area contributed by atoms with Gasteiger partial charge in [0.05, 0.1) is 11.5 Å². The van der Waals surface area contributed by atoms with Crippen molar-refractivity contribution in [2.24, 2.45) is 5.92 Å². The molecular formula is C36H49BF3N7O3. The first kappa shape index (κ1) is 36.0. The van der Waals surface area contributed by atoms with Crippen LogP contribution in [0.2, 0.25) is 0 Å². The maximum Gasteiger partial charge on any atom is 0.418 e. The largest absolute Gasteiger partial charge is 0.418 e. The molecule has 4 aliphatic heterocycles. The third-order valence-electron chi connectivity index (χ3n) is 11.2. The minimum absolute atomic E-state index is 0.00885. The summed E-state index contributed by atoms with van der Waals surface area (Å²) in [6.07, 6.45) is -0.582. The lowest BCUT2D eigenvalue weighted by atomic mass is 9.85. The fourth-order valence-corrected chi connectivity index (χ4v) is 8.19. The predicted octanol–water partition coefficient (Wildman–Crippen LogP) is 2.41. The van der Waals surface area contributed by atoms with Gasteiger partial charge >= 0.3 is 12.2 Å². The molecule has 0 bridgehead atoms. The summed E-state index contributed by atoms with van der Waals surface area (Å²) in [5, 5.41) is 3.02. The molecule has 0 aliphatic carbocycles. The van der Waals surface area contributed by atoms with Crippen molar-refractivity contribution < 1.29 is 27.6 Å². The molecular weight excluding hydrogens is 646 g/mol. The Balaban J connectivity index is 1.12. The summed E-state index contributed by atoms with van der Waals surface area (Å²) >= 11 is 0. The smallest absolute Gasteiger partial charge is 0.399 e. The Morgan fingerprint density at radius 3 is 2.26 bits per heavy atom. The Morgan fingerprint density at radius 1 is 0.920 bits per heavy atom. The van der Waals surface area contributed by atoms with Crippen LogP contribution >= 0.6 is 0 Å². The average Bonchev–Trinajstić information content (AvgIpc) is 3.27. The summed E-state index contributed by atoms with van der Waals surface area (Å²) in [4.78, 5) is 51.2. The van der Waals surface area contributed by atoms with Crippen molar-refractivity contribution in [2.45, 2.75) is 63.2 Å². The number of hydrogen-bond donors (Lipinski definition) is 2. The summed E-state index contributed by atoms with van der Waals surface area (Å²) in [5.74, 6) is -1.20. The topological polar surface area (TPSA) is 105 Å². The van der Waals surface area contributed by atoms with Crippen molar-refractivity contribution in [1.29, 1.82) is 0 Å². The molecule has 0 aromatic heterocycles. The maximum absolute atomic E-state index is 14.1. The number of likely N-dealkylation sites (tertiary alicyclic amines) is 2. The number of amides is 4. The van der Waals surface area contributed by atoms with Crippen molar-refractivity contribution in [3.63, 3.8) is 0 Å². The highest BCUT2D eigenvalue weighted by molar-refractivity contribution is 6.36. The Kier molecular flexibility index (Phi) is 11.0. The fourth-order valence-electron chi connectivity index (χ4n) is 8.19. The van der Waals surface area contributed by atoms with E-state index in [1.807, 2.05) is 29.2 Å². The minimum Gasteiger partial charge on any atom is -0.399 e. The number of piperidine rings is 2. The molecule has 1 atom stereocenters. The van der Waals surface area contributed by atoms with E-state index in [-0.39, 0.29) is 42.4 Å². The van der Waals surface area contributed by atoms with Gasteiger partial charge in [0.1, 0.15) is 7.85 Å². The van der Waals surface area contributed by atoms with E-state index in [4.69, 9.17) is 5.73 Å². The number of piperazine rings is 1. The first-order valence-corrected chi connectivity index (χ1v) is 18.0. The van der Waals surface area contributed by atoms with Gasteiger partial charge in [-0.25, -0.2) is 4.79 Å². The normalized spacial score (nSPS) is 21.0. The van der Waals surface area contributed by atoms with Gasteiger partial charge in [-0.2, -0.15) is 13.2 Å². The average molecular weight is 696 g/mol. The second-order valence-corrected chi connectivity index (χ2v) is 14.5. The van der Waals surface area contributed by atoms with E-state index in [1.165, 1.54) is 7.85 Å². The van der Waals surface area contributed by atoms with Crippen molar-refractivity contribution in [2.75, 3.05) is 77.0 Å². The molecule has 2 aromatic rings. The van der Waals surface area contributed by atoms with E-state index in [9.17, 15) is 27.6 Å². The Labute approximate surface area is 293 Å². The first-order valence-electron chi connectivity index (χ1n) is 18.0. The Morgan fingerprint density at radius 2 is 1.58 bits per heavy atom. The molecule has 3 saturated heterocycles. The lowest BCUT2D eigenvalue weighted by Crippen LogP contribution is -2.55. The molecule has 4 heterocycles. The van der Waals surface area contributed by atoms with Crippen LogP contribution in [0.4, 0.5) is 29.3 Å². The monoisotopic (exact) mass is 695 g/mol. The molecule has 4 amide bonds. The maximum atomic E-state index is 14.1. The lowest BCUT2D eigenvalue weighted by Gasteiger charge is -2.43. The summed E-state index contributed by atoms with van der Waals surface area (Å²) < 4.78 is 41.7. The molecule has 0 radical (unpaired) electrons. The van der Waals surface area contributed by atoms with Crippen LogP contribution in [0.3, 0.4) is 0 Å². The molecule has 0 unspecified atom stereocenters. The van der Waals surface area contributed by atoms with Gasteiger partial charge in [-0.1, -0.05) is 29.7 Å². The van der Waals surface area contributed by atoms with Crippen LogP contribution in [0.15, 0.2) is 36.4 Å². The molecule has 3 N–H and O–H groups in total. The third kappa shape index (κ3) is 8.23. The number of nitrogens with one attached hydrogen (secondary N) is 1. The number of nitrogens with two attached hydrogens (primary N) is 1. The number of alkyl halides is 3. The lowest BCUT2D eigenvalue weighted by molar-refractivity contribution is -0.143. The third-order valence-corrected chi connectivity index (χ3v) is 11.2. The highest BCUT2D eigenvalue weighted by atomic mass is 19.4. The molecule has 14 heteroatoms. The van der Waals surface area contributed by atoms with Crippen molar-refractivity contribution in [1.82, 2.24) is 24.5 Å². The number of anilines is 2. The van der Waals surface area contributed by atoms with E-state index in [0.29, 0.717) is 62.6 Å². The standard InChI is InChI=1S/C36H49BF3N7O3/c1-43-11-7-27(8-12-43)44-16-18-46(19-17-44)34(49)26(20-24-21-29(36(38,39)40)33(41)30(37)22-24)23-32(48)45-13-9-28(10-14-45)47-15-6-25-4-2-3-5-31(25)42-35(47)50/h2-5,21-22,26-28H,6-20,23,37,41H2,1H3,(H,42,50)/t26-/m0/s1. The first-order chi connectivity index (χ1) is 23.9. The number of hydrogen-bond acceptors (Lipinski definition) is 6. The quantitative estimate of drug-likeness (QED) is 0.341. The van der Waals surface area contributed by atoms with Crippen LogP contribution in [-0.4, -0.2) is 128 Å². The zero-order valence-corrected chi connectivity index (χ0v) is 29.2. The van der Waals surface area contributed by atoms with Gasteiger partial charge in [0.2, 0.25) is 11.8 Å². The molecule has 2 aromatic carbocycles.